The summed E-state index contributed by atoms with van der Waals surface area (Å²) < 4.78 is 79.2. The first-order valence-electron chi connectivity index (χ1n) is 10.7. The number of alkyl halides is 6. The number of hydrogen-bond acceptors (Lipinski definition) is 0. The second kappa shape index (κ2) is 8.69. The summed E-state index contributed by atoms with van der Waals surface area (Å²) in [4.78, 5) is 0. The third kappa shape index (κ3) is 4.51. The van der Waals surface area contributed by atoms with Gasteiger partial charge in [-0.3, -0.25) is 0 Å². The Morgan fingerprint density at radius 1 is 0.457 bits per heavy atom. The van der Waals surface area contributed by atoms with Crippen molar-refractivity contribution >= 4 is 45.4 Å². The Hall–Kier alpha value is -3.37. The number of fused-ring (bicyclic) bond motifs is 3. The van der Waals surface area contributed by atoms with Crippen molar-refractivity contribution in [1.82, 2.24) is 0 Å². The summed E-state index contributed by atoms with van der Waals surface area (Å²) in [7, 11) is -1.45. The summed E-state index contributed by atoms with van der Waals surface area (Å²) in [6.07, 6.45) is -8.96. The quantitative estimate of drug-likeness (QED) is 0.135. The Labute approximate surface area is 198 Å². The summed E-state index contributed by atoms with van der Waals surface area (Å²) in [5.74, 6) is 0. The molecule has 0 aromatic heterocycles. The van der Waals surface area contributed by atoms with Crippen LogP contribution in [0.15, 0.2) is 103 Å². The van der Waals surface area contributed by atoms with Crippen LogP contribution in [0.2, 0.25) is 0 Å². The van der Waals surface area contributed by atoms with Crippen LogP contribution in [-0.2, 0) is 12.4 Å². The molecular formula is C28H17F6P. The van der Waals surface area contributed by atoms with E-state index in [0.29, 0.717) is 10.6 Å². The largest absolute Gasteiger partial charge is 0.416 e. The monoisotopic (exact) mass is 498 g/mol. The minimum absolute atomic E-state index is 0.619. The Kier molecular flexibility index (Phi) is 5.80. The van der Waals surface area contributed by atoms with E-state index in [0.717, 1.165) is 51.1 Å². The van der Waals surface area contributed by atoms with Crippen LogP contribution in [0.3, 0.4) is 0 Å². The molecule has 176 valence electrons. The highest BCUT2D eigenvalue weighted by Crippen LogP contribution is 2.40. The normalized spacial score (nSPS) is 12.5. The van der Waals surface area contributed by atoms with Crippen LogP contribution in [0.1, 0.15) is 11.1 Å². The predicted molar refractivity (Wildman–Crippen MR) is 130 cm³/mol. The molecule has 0 radical (unpaired) electrons. The molecule has 5 aromatic carbocycles. The molecule has 0 aliphatic carbocycles. The first-order valence-corrected chi connectivity index (χ1v) is 12.0. The van der Waals surface area contributed by atoms with Crippen molar-refractivity contribution in [2.75, 3.05) is 0 Å². The minimum Gasteiger partial charge on any atom is -0.166 e. The molecule has 0 nitrogen and oxygen atoms in total. The molecule has 0 N–H and O–H groups in total. The molecule has 0 bridgehead atoms. The van der Waals surface area contributed by atoms with Gasteiger partial charge in [0.2, 0.25) is 0 Å². The summed E-state index contributed by atoms with van der Waals surface area (Å²) in [5.41, 5.74) is -1.54. The van der Waals surface area contributed by atoms with E-state index in [4.69, 9.17) is 0 Å². The van der Waals surface area contributed by atoms with Crippen molar-refractivity contribution in [3.63, 3.8) is 0 Å². The first kappa shape index (κ1) is 23.4. The third-order valence-corrected chi connectivity index (χ3v) is 8.37. The average Bonchev–Trinajstić information content (AvgIpc) is 2.84. The zero-order valence-corrected chi connectivity index (χ0v) is 18.9. The van der Waals surface area contributed by atoms with E-state index < -0.39 is 31.4 Å². The number of hydrogen-bond donors (Lipinski definition) is 0. The highest BCUT2D eigenvalue weighted by atomic mass is 31.1. The van der Waals surface area contributed by atoms with Gasteiger partial charge in [0.15, 0.2) is 0 Å². The molecule has 0 heterocycles. The summed E-state index contributed by atoms with van der Waals surface area (Å²) >= 11 is 0. The average molecular weight is 498 g/mol. The van der Waals surface area contributed by atoms with Crippen LogP contribution in [0.4, 0.5) is 26.3 Å². The molecular weight excluding hydrogens is 481 g/mol. The highest BCUT2D eigenvalue weighted by Gasteiger charge is 2.32. The van der Waals surface area contributed by atoms with Gasteiger partial charge in [0.1, 0.15) is 0 Å². The summed E-state index contributed by atoms with van der Waals surface area (Å²) in [6.45, 7) is 0. The zero-order chi connectivity index (χ0) is 24.8. The van der Waals surface area contributed by atoms with Crippen molar-refractivity contribution in [3.05, 3.63) is 114 Å². The fourth-order valence-electron chi connectivity index (χ4n) is 4.25. The number of halogens is 6. The molecule has 0 spiro atoms. The third-order valence-electron chi connectivity index (χ3n) is 5.89. The summed E-state index contributed by atoms with van der Waals surface area (Å²) in [5, 5.41) is 5.98. The maximum atomic E-state index is 13.2. The zero-order valence-electron chi connectivity index (χ0n) is 18.0. The second-order valence-corrected chi connectivity index (χ2v) is 10.3. The smallest absolute Gasteiger partial charge is 0.166 e. The van der Waals surface area contributed by atoms with Gasteiger partial charge < -0.3 is 0 Å². The molecule has 5 rings (SSSR count). The highest BCUT2D eigenvalue weighted by molar-refractivity contribution is 7.80. The Bertz CT molecular complexity index is 1440. The van der Waals surface area contributed by atoms with Crippen LogP contribution in [0, 0.1) is 0 Å². The lowest BCUT2D eigenvalue weighted by molar-refractivity contribution is -0.138. The van der Waals surface area contributed by atoms with E-state index in [2.05, 4.69) is 0 Å². The molecule has 5 aromatic rings. The molecule has 0 unspecified atom stereocenters. The van der Waals surface area contributed by atoms with E-state index in [9.17, 15) is 26.3 Å². The maximum Gasteiger partial charge on any atom is 0.416 e. The molecule has 0 aliphatic rings. The summed E-state index contributed by atoms with van der Waals surface area (Å²) in [6, 6.07) is 27.3. The molecule has 7 heteroatoms. The Morgan fingerprint density at radius 3 is 1.37 bits per heavy atom. The SMILES string of the molecule is FC(F)(F)c1ccc(P(c2ccc(C(F)(F)F)cc2)c2cc3ccccc3c3ccccc23)cc1. The molecule has 0 amide bonds. The Balaban J connectivity index is 1.77. The van der Waals surface area contributed by atoms with Crippen LogP contribution in [-0.4, -0.2) is 0 Å². The molecule has 0 aliphatic heterocycles. The second-order valence-electron chi connectivity index (χ2n) is 8.09. The molecule has 0 atom stereocenters. The fraction of sp³-hybridized carbons (Fsp3) is 0.0714. The van der Waals surface area contributed by atoms with Crippen LogP contribution < -0.4 is 15.9 Å². The maximum absolute atomic E-state index is 13.2. The lowest BCUT2D eigenvalue weighted by Gasteiger charge is -2.23. The van der Waals surface area contributed by atoms with E-state index >= 15 is 0 Å². The van der Waals surface area contributed by atoms with Gasteiger partial charge in [-0.05, 0) is 75.7 Å². The van der Waals surface area contributed by atoms with Crippen molar-refractivity contribution in [2.24, 2.45) is 0 Å². The van der Waals surface area contributed by atoms with Gasteiger partial charge in [0.25, 0.3) is 0 Å². The molecule has 0 saturated carbocycles. The minimum atomic E-state index is -4.48. The standard InChI is InChI=1S/C28H17F6P/c29-27(30,31)19-9-13-21(14-10-19)35(22-15-11-20(12-16-22)28(32,33)34)26-17-18-5-1-2-6-23(18)24-7-3-4-8-25(24)26/h1-17H. The van der Waals surface area contributed by atoms with Crippen molar-refractivity contribution in [1.29, 1.82) is 0 Å². The topological polar surface area (TPSA) is 0 Å². The van der Waals surface area contributed by atoms with Gasteiger partial charge in [-0.15, -0.1) is 0 Å². The van der Waals surface area contributed by atoms with Crippen LogP contribution in [0.25, 0.3) is 21.5 Å². The molecule has 0 saturated heterocycles. The number of rotatable bonds is 3. The lowest BCUT2D eigenvalue weighted by Crippen LogP contribution is -2.22. The fourth-order valence-corrected chi connectivity index (χ4v) is 6.70. The molecule has 0 fully saturated rings. The van der Waals surface area contributed by atoms with E-state index in [1.54, 1.807) is 0 Å². The van der Waals surface area contributed by atoms with E-state index in [1.165, 1.54) is 24.3 Å². The lowest BCUT2D eigenvalue weighted by atomic mass is 10.0. The van der Waals surface area contributed by atoms with Crippen LogP contribution in [0.5, 0.6) is 0 Å². The van der Waals surface area contributed by atoms with Crippen molar-refractivity contribution in [3.8, 4) is 0 Å². The van der Waals surface area contributed by atoms with Crippen molar-refractivity contribution in [2.45, 2.75) is 12.4 Å². The van der Waals surface area contributed by atoms with Gasteiger partial charge in [-0.25, -0.2) is 0 Å². The van der Waals surface area contributed by atoms with Gasteiger partial charge >= 0.3 is 12.4 Å². The first-order chi connectivity index (χ1) is 16.6. The van der Waals surface area contributed by atoms with Gasteiger partial charge in [-0.1, -0.05) is 72.8 Å². The molecule has 35 heavy (non-hydrogen) atoms. The Morgan fingerprint density at radius 2 is 0.886 bits per heavy atom. The van der Waals surface area contributed by atoms with E-state index in [-0.39, 0.29) is 0 Å². The van der Waals surface area contributed by atoms with Gasteiger partial charge in [0, 0.05) is 0 Å². The van der Waals surface area contributed by atoms with Gasteiger partial charge in [0.05, 0.1) is 11.1 Å². The van der Waals surface area contributed by atoms with Gasteiger partial charge in [-0.2, -0.15) is 26.3 Å². The number of benzene rings is 5. The van der Waals surface area contributed by atoms with Crippen LogP contribution >= 0.6 is 7.92 Å². The predicted octanol–water partition coefficient (Wildman–Crippen LogP) is 7.79. The van der Waals surface area contributed by atoms with E-state index in [1.807, 2.05) is 54.6 Å². The van der Waals surface area contributed by atoms with Crippen molar-refractivity contribution < 1.29 is 26.3 Å².